The van der Waals surface area contributed by atoms with Gasteiger partial charge < -0.3 is 20.9 Å². The van der Waals surface area contributed by atoms with Gasteiger partial charge in [0.05, 0.1) is 23.2 Å². The Morgan fingerprint density at radius 2 is 1.54 bits per heavy atom. The van der Waals surface area contributed by atoms with E-state index >= 15 is 0 Å². The van der Waals surface area contributed by atoms with E-state index in [0.717, 1.165) is 57.5 Å². The maximum absolute atomic E-state index is 6.92. The third kappa shape index (κ3) is 9.77. The average Bonchev–Trinajstić information content (AvgIpc) is 2.91. The van der Waals surface area contributed by atoms with Crippen LogP contribution in [0.4, 0.5) is 17.2 Å². The molecule has 2 aromatic heterocycles. The summed E-state index contributed by atoms with van der Waals surface area (Å²) in [5.41, 5.74) is 0.885. The molecule has 0 saturated carbocycles. The fourth-order valence-corrected chi connectivity index (χ4v) is 4.02. The van der Waals surface area contributed by atoms with Gasteiger partial charge in [-0.05, 0) is 25.0 Å². The molecule has 3 N–H and O–H groups in total. The van der Waals surface area contributed by atoms with Gasteiger partial charge in [0.1, 0.15) is 11.0 Å². The number of piperazine rings is 2. The second kappa shape index (κ2) is 15.7. The second-order valence-electron chi connectivity index (χ2n) is 7.96. The van der Waals surface area contributed by atoms with E-state index in [9.17, 15) is 0 Å². The third-order valence-corrected chi connectivity index (χ3v) is 6.48. The van der Waals surface area contributed by atoms with Crippen LogP contribution in [0.3, 0.4) is 0 Å². The Morgan fingerprint density at radius 1 is 0.914 bits per heavy atom. The van der Waals surface area contributed by atoms with Gasteiger partial charge >= 0.3 is 0 Å². The SMILES string of the molecule is CC[C@H]1CNCCN1.[C-]#[N+]c1cnc(Cl)c(Cl)c1.[C-]#[N+]c1cnc(N2CCN[C@@H](CC)C2)c(Cl)c1. The van der Waals surface area contributed by atoms with Crippen LogP contribution in [-0.4, -0.2) is 61.3 Å². The molecule has 188 valence electrons. The normalized spacial score (nSPS) is 19.2. The summed E-state index contributed by atoms with van der Waals surface area (Å²) in [6, 6.07) is 4.37. The Kier molecular flexibility index (Phi) is 13.1. The molecule has 35 heavy (non-hydrogen) atoms. The number of nitrogens with zero attached hydrogens (tertiary/aromatic N) is 5. The van der Waals surface area contributed by atoms with Crippen molar-refractivity contribution in [3.8, 4) is 0 Å². The highest BCUT2D eigenvalue weighted by Gasteiger charge is 2.20. The number of aromatic nitrogens is 2. The molecule has 0 radical (unpaired) electrons. The summed E-state index contributed by atoms with van der Waals surface area (Å²) in [6.45, 7) is 24.1. The first-order chi connectivity index (χ1) is 16.9. The molecule has 2 atom stereocenters. The van der Waals surface area contributed by atoms with Crippen LogP contribution < -0.4 is 20.9 Å². The number of anilines is 1. The molecule has 0 amide bonds. The van der Waals surface area contributed by atoms with Crippen LogP contribution >= 0.6 is 34.8 Å². The summed E-state index contributed by atoms with van der Waals surface area (Å²) in [4.78, 5) is 16.6. The van der Waals surface area contributed by atoms with Crippen molar-refractivity contribution < 1.29 is 0 Å². The van der Waals surface area contributed by atoms with Crippen LogP contribution in [0.25, 0.3) is 9.69 Å². The number of nitrogens with one attached hydrogen (secondary N) is 3. The zero-order valence-corrected chi connectivity index (χ0v) is 22.3. The maximum atomic E-state index is 6.92. The molecule has 2 aliphatic heterocycles. The quantitative estimate of drug-likeness (QED) is 0.361. The Balaban J connectivity index is 0.000000204. The van der Waals surface area contributed by atoms with Gasteiger partial charge in [-0.1, -0.05) is 48.7 Å². The summed E-state index contributed by atoms with van der Waals surface area (Å²) < 4.78 is 0. The fourth-order valence-electron chi connectivity index (χ4n) is 3.48. The van der Waals surface area contributed by atoms with Gasteiger partial charge in [-0.2, -0.15) is 0 Å². The van der Waals surface area contributed by atoms with Crippen molar-refractivity contribution in [3.63, 3.8) is 0 Å². The van der Waals surface area contributed by atoms with Crippen molar-refractivity contribution in [3.05, 3.63) is 62.6 Å². The molecule has 2 aromatic rings. The van der Waals surface area contributed by atoms with Crippen molar-refractivity contribution in [1.29, 1.82) is 0 Å². The number of pyridine rings is 2. The summed E-state index contributed by atoms with van der Waals surface area (Å²) in [5, 5.41) is 11.3. The molecule has 8 nitrogen and oxygen atoms in total. The molecule has 0 aliphatic carbocycles. The summed E-state index contributed by atoms with van der Waals surface area (Å²) in [6.07, 6.45) is 5.29. The Labute approximate surface area is 223 Å². The molecule has 0 spiro atoms. The summed E-state index contributed by atoms with van der Waals surface area (Å²) in [7, 11) is 0. The molecule has 2 aliphatic rings. The largest absolute Gasteiger partial charge is 0.353 e. The lowest BCUT2D eigenvalue weighted by molar-refractivity contribution is 0.410. The van der Waals surface area contributed by atoms with Gasteiger partial charge in [0.2, 0.25) is 11.4 Å². The summed E-state index contributed by atoms with van der Waals surface area (Å²) >= 11 is 17.2. The molecule has 4 heterocycles. The minimum Gasteiger partial charge on any atom is -0.353 e. The molecule has 0 aromatic carbocycles. The molecule has 2 saturated heterocycles. The first kappa shape index (κ1) is 29.1. The van der Waals surface area contributed by atoms with Crippen molar-refractivity contribution in [2.45, 2.75) is 38.8 Å². The predicted molar refractivity (Wildman–Crippen MR) is 145 cm³/mol. The topological polar surface area (TPSA) is 73.8 Å². The number of halogens is 3. The zero-order chi connectivity index (χ0) is 25.6. The molecular formula is C24H31Cl3N8. The van der Waals surface area contributed by atoms with E-state index in [1.165, 1.54) is 18.7 Å². The fraction of sp³-hybridized carbons (Fsp3) is 0.500. The molecule has 0 unspecified atom stereocenters. The van der Waals surface area contributed by atoms with Gasteiger partial charge in [0, 0.05) is 63.7 Å². The average molecular weight is 538 g/mol. The Morgan fingerprint density at radius 3 is 2.06 bits per heavy atom. The molecular weight excluding hydrogens is 507 g/mol. The highest BCUT2D eigenvalue weighted by atomic mass is 35.5. The molecule has 4 rings (SSSR count). The van der Waals surface area contributed by atoms with E-state index in [0.29, 0.717) is 27.5 Å². The van der Waals surface area contributed by atoms with E-state index in [4.69, 9.17) is 47.9 Å². The second-order valence-corrected chi connectivity index (χ2v) is 9.13. The van der Waals surface area contributed by atoms with Crippen molar-refractivity contribution >= 4 is 52.0 Å². The standard InChI is InChI=1S/C12H15ClN4.C6H2Cl2N2.C6H14N2/c1-3-9-8-17(5-4-15-9)12-11(13)6-10(14-2)7-16-12;1-9-4-2-5(7)6(8)10-3-4;1-2-6-5-7-3-4-8-6/h6-7,9,15H,3-5,8H2,1H3;2-3H;6-8H,2-5H2,1H3/t9-;;6-/m0.0/s1. The monoisotopic (exact) mass is 536 g/mol. The van der Waals surface area contributed by atoms with Crippen LogP contribution in [0.1, 0.15) is 26.7 Å². The van der Waals surface area contributed by atoms with Crippen LogP contribution in [0.15, 0.2) is 24.5 Å². The Bertz CT molecular complexity index is 1010. The van der Waals surface area contributed by atoms with E-state index < -0.39 is 0 Å². The minimum atomic E-state index is 0.231. The highest BCUT2D eigenvalue weighted by molar-refractivity contribution is 6.41. The number of hydrogen-bond acceptors (Lipinski definition) is 6. The van der Waals surface area contributed by atoms with Crippen LogP contribution in [0.2, 0.25) is 15.2 Å². The lowest BCUT2D eigenvalue weighted by Crippen LogP contribution is -2.50. The molecule has 2 fully saturated rings. The predicted octanol–water partition coefficient (Wildman–Crippen LogP) is 5.37. The zero-order valence-electron chi connectivity index (χ0n) is 20.0. The highest BCUT2D eigenvalue weighted by Crippen LogP contribution is 2.28. The number of rotatable bonds is 3. The van der Waals surface area contributed by atoms with Crippen LogP contribution in [0.5, 0.6) is 0 Å². The lowest BCUT2D eigenvalue weighted by Gasteiger charge is -2.34. The summed E-state index contributed by atoms with van der Waals surface area (Å²) in [5.74, 6) is 0.791. The van der Waals surface area contributed by atoms with Crippen molar-refractivity contribution in [1.82, 2.24) is 25.9 Å². The maximum Gasteiger partial charge on any atom is 0.206 e. The smallest absolute Gasteiger partial charge is 0.206 e. The number of hydrogen-bond donors (Lipinski definition) is 3. The molecule has 0 bridgehead atoms. The van der Waals surface area contributed by atoms with Gasteiger partial charge in [-0.15, -0.1) is 0 Å². The van der Waals surface area contributed by atoms with Crippen LogP contribution in [0, 0.1) is 13.1 Å². The first-order valence-electron chi connectivity index (χ1n) is 11.6. The van der Waals surface area contributed by atoms with E-state index in [1.54, 1.807) is 12.3 Å². The van der Waals surface area contributed by atoms with Crippen molar-refractivity contribution in [2.75, 3.05) is 44.2 Å². The van der Waals surface area contributed by atoms with E-state index in [2.05, 4.69) is 54.4 Å². The third-order valence-electron chi connectivity index (χ3n) is 5.51. The minimum absolute atomic E-state index is 0.231. The van der Waals surface area contributed by atoms with Crippen LogP contribution in [-0.2, 0) is 0 Å². The Hall–Kier alpha value is -2.17. The van der Waals surface area contributed by atoms with Crippen molar-refractivity contribution in [2.24, 2.45) is 0 Å². The van der Waals surface area contributed by atoms with Gasteiger partial charge in [0.25, 0.3) is 0 Å². The lowest BCUT2D eigenvalue weighted by atomic mass is 10.1. The van der Waals surface area contributed by atoms with E-state index in [-0.39, 0.29) is 5.15 Å². The van der Waals surface area contributed by atoms with Gasteiger partial charge in [-0.25, -0.2) is 14.7 Å². The molecule has 11 heteroatoms. The van der Waals surface area contributed by atoms with Gasteiger partial charge in [0.15, 0.2) is 0 Å². The van der Waals surface area contributed by atoms with Gasteiger partial charge in [-0.3, -0.25) is 4.98 Å². The first-order valence-corrected chi connectivity index (χ1v) is 12.7. The van der Waals surface area contributed by atoms with E-state index in [1.807, 2.05) is 0 Å².